The highest BCUT2D eigenvalue weighted by molar-refractivity contribution is 5.13. The summed E-state index contributed by atoms with van der Waals surface area (Å²) in [4.78, 5) is 0. The van der Waals surface area contributed by atoms with E-state index >= 15 is 0 Å². The van der Waals surface area contributed by atoms with Crippen LogP contribution in [0.25, 0.3) is 0 Å². The molecule has 4 aliphatic rings. The second-order valence-electron chi connectivity index (χ2n) is 11.8. The van der Waals surface area contributed by atoms with E-state index in [1.54, 1.807) is 0 Å². The second-order valence-corrected chi connectivity index (χ2v) is 11.8. The number of fused-ring (bicyclic) bond motifs is 5. The molecule has 4 rings (SSSR count). The lowest BCUT2D eigenvalue weighted by molar-refractivity contribution is -0.194. The van der Waals surface area contributed by atoms with Crippen LogP contribution >= 0.6 is 0 Å². The smallest absolute Gasteiger partial charge is 0.0605 e. The van der Waals surface area contributed by atoms with Crippen LogP contribution in [0.4, 0.5) is 0 Å². The van der Waals surface area contributed by atoms with E-state index in [0.29, 0.717) is 35.2 Å². The number of aliphatic hydroxyl groups excluding tert-OH is 2. The summed E-state index contributed by atoms with van der Waals surface area (Å²) in [6, 6.07) is 0. The molecule has 0 radical (unpaired) electrons. The molecule has 28 heavy (non-hydrogen) atoms. The van der Waals surface area contributed by atoms with E-state index in [4.69, 9.17) is 0 Å². The lowest BCUT2D eigenvalue weighted by atomic mass is 9.41. The summed E-state index contributed by atoms with van der Waals surface area (Å²) < 4.78 is 0. The Balaban J connectivity index is 1.63. The third-order valence-corrected chi connectivity index (χ3v) is 10.9. The third kappa shape index (κ3) is 3.03. The van der Waals surface area contributed by atoms with Crippen molar-refractivity contribution in [3.05, 3.63) is 0 Å². The number of hydrogen-bond donors (Lipinski definition) is 2. The van der Waals surface area contributed by atoms with E-state index in [9.17, 15) is 10.2 Å². The Morgan fingerprint density at radius 2 is 1.68 bits per heavy atom. The van der Waals surface area contributed by atoms with Gasteiger partial charge in [0.15, 0.2) is 0 Å². The highest BCUT2D eigenvalue weighted by Crippen LogP contribution is 2.69. The van der Waals surface area contributed by atoms with Crippen LogP contribution in [0.5, 0.6) is 0 Å². The Morgan fingerprint density at radius 1 is 0.929 bits per heavy atom. The molecule has 10 atom stereocenters. The largest absolute Gasteiger partial charge is 0.396 e. The summed E-state index contributed by atoms with van der Waals surface area (Å²) in [5.74, 6) is 4.79. The predicted molar refractivity (Wildman–Crippen MR) is 116 cm³/mol. The zero-order chi connectivity index (χ0) is 20.1. The van der Waals surface area contributed by atoms with Gasteiger partial charge in [-0.1, -0.05) is 47.0 Å². The molecule has 0 amide bonds. The van der Waals surface area contributed by atoms with E-state index in [-0.39, 0.29) is 6.10 Å². The first-order valence-corrected chi connectivity index (χ1v) is 12.7. The minimum Gasteiger partial charge on any atom is -0.396 e. The highest BCUT2D eigenvalue weighted by atomic mass is 16.3. The van der Waals surface area contributed by atoms with E-state index < -0.39 is 0 Å². The first kappa shape index (κ1) is 21.2. The SMILES string of the molecule is CC[C@H]1C2CCCC[C@]2(C)C2CC[C@@]3(C)C(CC[C@@H]3[C@H](C)CCCO)C2[C@@H]1O. The van der Waals surface area contributed by atoms with Gasteiger partial charge in [0, 0.05) is 6.61 Å². The van der Waals surface area contributed by atoms with Crippen LogP contribution in [-0.4, -0.2) is 22.9 Å². The van der Waals surface area contributed by atoms with E-state index in [1.807, 2.05) is 0 Å². The van der Waals surface area contributed by atoms with Crippen LogP contribution in [0.3, 0.4) is 0 Å². The van der Waals surface area contributed by atoms with Crippen LogP contribution in [-0.2, 0) is 0 Å². The van der Waals surface area contributed by atoms with Gasteiger partial charge in [-0.05, 0) is 104 Å². The Bertz CT molecular complexity index is 547. The van der Waals surface area contributed by atoms with Gasteiger partial charge in [0.2, 0.25) is 0 Å². The molecule has 2 N–H and O–H groups in total. The molecule has 0 heterocycles. The quantitative estimate of drug-likeness (QED) is 0.600. The number of aliphatic hydroxyl groups is 2. The van der Waals surface area contributed by atoms with Crippen LogP contribution in [0.15, 0.2) is 0 Å². The first-order valence-electron chi connectivity index (χ1n) is 12.7. The molecule has 162 valence electrons. The monoisotopic (exact) mass is 390 g/mol. The predicted octanol–water partition coefficient (Wildman–Crippen LogP) is 6.05. The standard InChI is InChI=1S/C26H46O2/c1-5-18-20-10-6-7-14-25(20,3)22-13-15-26(4)19(17(2)9-8-16-27)11-12-21(26)23(22)24(18)28/h17-24,27-28H,5-16H2,1-4H3/t17-,18+,19-,20?,21?,22?,23?,24-,25+,26-/m1/s1. The van der Waals surface area contributed by atoms with Crippen LogP contribution in [0.1, 0.15) is 98.3 Å². The van der Waals surface area contributed by atoms with Crippen LogP contribution < -0.4 is 0 Å². The Kier molecular flexibility index (Phi) is 5.95. The number of rotatable bonds is 5. The third-order valence-electron chi connectivity index (χ3n) is 10.9. The summed E-state index contributed by atoms with van der Waals surface area (Å²) in [6.45, 7) is 10.3. The maximum Gasteiger partial charge on any atom is 0.0605 e. The van der Waals surface area contributed by atoms with Crippen molar-refractivity contribution in [3.63, 3.8) is 0 Å². The molecule has 0 spiro atoms. The maximum absolute atomic E-state index is 11.7. The Labute approximate surface area is 173 Å². The van der Waals surface area contributed by atoms with Gasteiger partial charge in [0.25, 0.3) is 0 Å². The number of hydrogen-bond acceptors (Lipinski definition) is 2. The molecule has 0 aromatic rings. The van der Waals surface area contributed by atoms with E-state index in [1.165, 1.54) is 51.4 Å². The zero-order valence-electron chi connectivity index (χ0n) is 19.0. The molecule has 0 aromatic heterocycles. The minimum absolute atomic E-state index is 0.0673. The van der Waals surface area contributed by atoms with Crippen molar-refractivity contribution in [2.24, 2.45) is 52.3 Å². The molecule has 0 saturated heterocycles. The summed E-state index contributed by atoms with van der Waals surface area (Å²) in [5, 5.41) is 21.0. The fourth-order valence-corrected chi connectivity index (χ4v) is 9.63. The molecule has 4 fully saturated rings. The summed E-state index contributed by atoms with van der Waals surface area (Å²) in [6.07, 6.45) is 14.2. The van der Waals surface area contributed by atoms with Crippen molar-refractivity contribution >= 4 is 0 Å². The van der Waals surface area contributed by atoms with Gasteiger partial charge < -0.3 is 10.2 Å². The first-order chi connectivity index (χ1) is 13.4. The van der Waals surface area contributed by atoms with Crippen LogP contribution in [0.2, 0.25) is 0 Å². The van der Waals surface area contributed by atoms with Crippen molar-refractivity contribution < 1.29 is 10.2 Å². The molecule has 4 saturated carbocycles. The van der Waals surface area contributed by atoms with Gasteiger partial charge in [0.1, 0.15) is 0 Å². The molecule has 2 heteroatoms. The van der Waals surface area contributed by atoms with E-state index in [0.717, 1.165) is 42.9 Å². The van der Waals surface area contributed by atoms with Crippen molar-refractivity contribution in [2.75, 3.05) is 6.61 Å². The molecular formula is C26H46O2. The average Bonchev–Trinajstić information content (AvgIpc) is 3.04. The fourth-order valence-electron chi connectivity index (χ4n) is 9.63. The van der Waals surface area contributed by atoms with Crippen molar-refractivity contribution in [1.82, 2.24) is 0 Å². The topological polar surface area (TPSA) is 40.5 Å². The van der Waals surface area contributed by atoms with Gasteiger partial charge in [-0.2, -0.15) is 0 Å². The molecule has 4 unspecified atom stereocenters. The molecule has 0 aliphatic heterocycles. The average molecular weight is 391 g/mol. The lowest BCUT2D eigenvalue weighted by Gasteiger charge is -2.64. The zero-order valence-corrected chi connectivity index (χ0v) is 19.0. The van der Waals surface area contributed by atoms with Gasteiger partial charge in [-0.25, -0.2) is 0 Å². The molecule has 0 bridgehead atoms. The van der Waals surface area contributed by atoms with Gasteiger partial charge in [-0.15, -0.1) is 0 Å². The van der Waals surface area contributed by atoms with E-state index in [2.05, 4.69) is 27.7 Å². The highest BCUT2D eigenvalue weighted by Gasteiger charge is 2.64. The maximum atomic E-state index is 11.7. The fraction of sp³-hybridized carbons (Fsp3) is 1.00. The Hall–Kier alpha value is -0.0800. The molecule has 4 aliphatic carbocycles. The van der Waals surface area contributed by atoms with Crippen LogP contribution in [0, 0.1) is 52.3 Å². The van der Waals surface area contributed by atoms with Gasteiger partial charge in [-0.3, -0.25) is 0 Å². The normalized spacial score (nSPS) is 51.9. The van der Waals surface area contributed by atoms with Crippen molar-refractivity contribution in [1.29, 1.82) is 0 Å². The molecular weight excluding hydrogens is 344 g/mol. The molecule has 0 aromatic carbocycles. The van der Waals surface area contributed by atoms with Crippen molar-refractivity contribution in [3.8, 4) is 0 Å². The van der Waals surface area contributed by atoms with Gasteiger partial charge in [0.05, 0.1) is 6.10 Å². The minimum atomic E-state index is -0.0673. The summed E-state index contributed by atoms with van der Waals surface area (Å²) in [5.41, 5.74) is 0.887. The Morgan fingerprint density at radius 3 is 2.39 bits per heavy atom. The van der Waals surface area contributed by atoms with Crippen molar-refractivity contribution in [2.45, 2.75) is 104 Å². The molecule has 2 nitrogen and oxygen atoms in total. The second kappa shape index (κ2) is 7.88. The summed E-state index contributed by atoms with van der Waals surface area (Å²) >= 11 is 0. The summed E-state index contributed by atoms with van der Waals surface area (Å²) in [7, 11) is 0. The lowest BCUT2D eigenvalue weighted by Crippen LogP contribution is -2.61. The van der Waals surface area contributed by atoms with Gasteiger partial charge >= 0.3 is 0 Å².